The molecular formula is C4H10GeNO2. The first-order chi connectivity index (χ1) is 3.81. The van der Waals surface area contributed by atoms with Crippen LogP contribution in [-0.4, -0.2) is 57.1 Å². The number of aliphatic hydroxyl groups is 2. The Kier molecular flexibility index (Phi) is 5.85. The van der Waals surface area contributed by atoms with Gasteiger partial charge in [-0.1, -0.05) is 0 Å². The third-order valence-corrected chi connectivity index (χ3v) is 1.68. The summed E-state index contributed by atoms with van der Waals surface area (Å²) < 4.78 is 1.86. The van der Waals surface area contributed by atoms with Gasteiger partial charge in [-0.2, -0.15) is 0 Å². The standard InChI is InChI=1S/C4H10GeNO2/c5-6(1-3-7)2-4-8/h7-8H,1-4H2. The maximum atomic E-state index is 8.34. The molecule has 47 valence electrons. The van der Waals surface area contributed by atoms with E-state index in [1.54, 1.807) is 0 Å². The van der Waals surface area contributed by atoms with Crippen molar-refractivity contribution in [1.82, 2.24) is 3.86 Å². The molecule has 0 saturated carbocycles. The van der Waals surface area contributed by atoms with Crippen molar-refractivity contribution in [2.75, 3.05) is 26.3 Å². The molecule has 0 aliphatic carbocycles. The summed E-state index contributed by atoms with van der Waals surface area (Å²) in [5.41, 5.74) is 0. The van der Waals surface area contributed by atoms with E-state index in [4.69, 9.17) is 10.2 Å². The summed E-state index contributed by atoms with van der Waals surface area (Å²) >= 11 is 1.85. The molecule has 0 rings (SSSR count). The number of aliphatic hydroxyl groups excluding tert-OH is 2. The third-order valence-electron chi connectivity index (χ3n) is 0.740. The van der Waals surface area contributed by atoms with Crippen molar-refractivity contribution in [2.45, 2.75) is 0 Å². The van der Waals surface area contributed by atoms with Crippen LogP contribution in [0.2, 0.25) is 0 Å². The minimum absolute atomic E-state index is 0.163. The molecule has 3 nitrogen and oxygen atoms in total. The fourth-order valence-corrected chi connectivity index (χ4v) is 0.773. The molecule has 0 aliphatic heterocycles. The first-order valence-electron chi connectivity index (χ1n) is 2.49. The van der Waals surface area contributed by atoms with Crippen molar-refractivity contribution in [3.63, 3.8) is 0 Å². The normalized spacial score (nSPS) is 10.5. The molecule has 0 spiro atoms. The zero-order valence-corrected chi connectivity index (χ0v) is 6.77. The van der Waals surface area contributed by atoms with Crippen molar-refractivity contribution < 1.29 is 10.2 Å². The number of nitrogens with zero attached hydrogens (tertiary/aromatic N) is 1. The van der Waals surface area contributed by atoms with Crippen LogP contribution in [0.1, 0.15) is 0 Å². The average Bonchev–Trinajstić information content (AvgIpc) is 1.68. The fraction of sp³-hybridized carbons (Fsp3) is 1.00. The van der Waals surface area contributed by atoms with Gasteiger partial charge in [0.05, 0.1) is 0 Å². The Morgan fingerprint density at radius 1 is 1.12 bits per heavy atom. The van der Waals surface area contributed by atoms with E-state index >= 15 is 0 Å². The van der Waals surface area contributed by atoms with Gasteiger partial charge >= 0.3 is 57.1 Å². The van der Waals surface area contributed by atoms with E-state index < -0.39 is 0 Å². The quantitative estimate of drug-likeness (QED) is 0.505. The van der Waals surface area contributed by atoms with Gasteiger partial charge in [0.15, 0.2) is 0 Å². The molecule has 0 aliphatic rings. The van der Waals surface area contributed by atoms with Crippen LogP contribution in [-0.2, 0) is 0 Å². The summed E-state index contributed by atoms with van der Waals surface area (Å²) in [5, 5.41) is 16.7. The third kappa shape index (κ3) is 4.58. The molecule has 0 atom stereocenters. The minimum atomic E-state index is 0.163. The molecule has 0 aromatic heterocycles. The number of hydrogen-bond donors (Lipinski definition) is 2. The van der Waals surface area contributed by atoms with Crippen LogP contribution in [0.15, 0.2) is 0 Å². The Labute approximate surface area is 57.7 Å². The van der Waals surface area contributed by atoms with Crippen molar-refractivity contribution in [2.24, 2.45) is 0 Å². The predicted octanol–water partition coefficient (Wildman–Crippen LogP) is -1.64. The molecular weight excluding hydrogens is 167 g/mol. The zero-order valence-electron chi connectivity index (χ0n) is 4.67. The Morgan fingerprint density at radius 3 is 1.75 bits per heavy atom. The molecule has 2 N–H and O–H groups in total. The van der Waals surface area contributed by atoms with Crippen LogP contribution >= 0.6 is 0 Å². The van der Waals surface area contributed by atoms with Gasteiger partial charge in [-0.3, -0.25) is 0 Å². The molecule has 0 aromatic carbocycles. The van der Waals surface area contributed by atoms with E-state index in [9.17, 15) is 0 Å². The van der Waals surface area contributed by atoms with Gasteiger partial charge < -0.3 is 0 Å². The zero-order chi connectivity index (χ0) is 6.41. The van der Waals surface area contributed by atoms with E-state index in [1.165, 1.54) is 0 Å². The Balaban J connectivity index is 2.92. The van der Waals surface area contributed by atoms with Crippen LogP contribution < -0.4 is 0 Å². The molecule has 0 bridgehead atoms. The van der Waals surface area contributed by atoms with Crippen LogP contribution in [0.25, 0.3) is 0 Å². The van der Waals surface area contributed by atoms with Gasteiger partial charge in [0, 0.05) is 0 Å². The van der Waals surface area contributed by atoms with E-state index in [0.29, 0.717) is 13.1 Å². The summed E-state index contributed by atoms with van der Waals surface area (Å²) in [6, 6.07) is 0. The molecule has 0 fully saturated rings. The Bertz CT molecular complexity index is 47.3. The van der Waals surface area contributed by atoms with Crippen LogP contribution in [0.3, 0.4) is 0 Å². The van der Waals surface area contributed by atoms with Gasteiger partial charge in [-0.25, -0.2) is 0 Å². The average molecular weight is 177 g/mol. The first-order valence-corrected chi connectivity index (χ1v) is 3.43. The van der Waals surface area contributed by atoms with Crippen molar-refractivity contribution in [1.29, 1.82) is 0 Å². The first kappa shape index (κ1) is 8.42. The van der Waals surface area contributed by atoms with Gasteiger partial charge in [0.2, 0.25) is 0 Å². The Morgan fingerprint density at radius 2 is 1.50 bits per heavy atom. The van der Waals surface area contributed by atoms with Crippen molar-refractivity contribution >= 4 is 16.7 Å². The van der Waals surface area contributed by atoms with Crippen molar-refractivity contribution in [3.8, 4) is 0 Å². The second-order valence-electron chi connectivity index (χ2n) is 1.43. The monoisotopic (exact) mass is 178 g/mol. The van der Waals surface area contributed by atoms with Gasteiger partial charge in [0.25, 0.3) is 0 Å². The van der Waals surface area contributed by atoms with Gasteiger partial charge in [-0.15, -0.1) is 0 Å². The van der Waals surface area contributed by atoms with Crippen LogP contribution in [0, 0.1) is 0 Å². The SMILES string of the molecule is OCC[N]([Ge])CCO. The van der Waals surface area contributed by atoms with Crippen LogP contribution in [0.4, 0.5) is 0 Å². The fourth-order valence-electron chi connectivity index (χ4n) is 0.353. The molecule has 8 heavy (non-hydrogen) atoms. The topological polar surface area (TPSA) is 43.7 Å². The van der Waals surface area contributed by atoms with Gasteiger partial charge in [0.1, 0.15) is 0 Å². The summed E-state index contributed by atoms with van der Waals surface area (Å²) in [7, 11) is 0. The number of rotatable bonds is 4. The molecule has 0 heterocycles. The Hall–Kier alpha value is 0.423. The number of hydrogen-bond acceptors (Lipinski definition) is 3. The summed E-state index contributed by atoms with van der Waals surface area (Å²) in [6.07, 6.45) is 0. The second-order valence-corrected chi connectivity index (χ2v) is 2.76. The van der Waals surface area contributed by atoms with Gasteiger partial charge in [-0.05, 0) is 0 Å². The summed E-state index contributed by atoms with van der Waals surface area (Å²) in [6.45, 7) is 1.61. The molecule has 0 saturated heterocycles. The van der Waals surface area contributed by atoms with E-state index in [-0.39, 0.29) is 13.2 Å². The summed E-state index contributed by atoms with van der Waals surface area (Å²) in [4.78, 5) is 0. The van der Waals surface area contributed by atoms with E-state index in [0.717, 1.165) is 0 Å². The molecule has 0 amide bonds. The van der Waals surface area contributed by atoms with E-state index in [1.807, 2.05) is 20.6 Å². The van der Waals surface area contributed by atoms with Crippen molar-refractivity contribution in [3.05, 3.63) is 0 Å². The maximum absolute atomic E-state index is 8.34. The molecule has 4 heteroatoms. The molecule has 0 aromatic rings. The second kappa shape index (κ2) is 5.56. The predicted molar refractivity (Wildman–Crippen MR) is 31.5 cm³/mol. The van der Waals surface area contributed by atoms with E-state index in [2.05, 4.69) is 0 Å². The summed E-state index contributed by atoms with van der Waals surface area (Å²) in [5.74, 6) is 0. The van der Waals surface area contributed by atoms with Crippen LogP contribution in [0.5, 0.6) is 0 Å². The molecule has 0 unspecified atom stereocenters. The molecule has 3 radical (unpaired) electrons.